The first-order chi connectivity index (χ1) is 15.9. The lowest BCUT2D eigenvalue weighted by molar-refractivity contribution is 0.434. The average molecular weight is 504 g/mol. The van der Waals surface area contributed by atoms with Gasteiger partial charge in [0.1, 0.15) is 16.3 Å². The summed E-state index contributed by atoms with van der Waals surface area (Å²) in [6, 6.07) is 12.2. The fraction of sp³-hybridized carbons (Fsp3) is 0.0500. The number of primary sulfonamides is 1. The molecular weight excluding hydrogens is 486 g/mol. The van der Waals surface area contributed by atoms with Crippen LogP contribution in [0.2, 0.25) is 0 Å². The van der Waals surface area contributed by atoms with Crippen molar-refractivity contribution in [3.05, 3.63) is 60.3 Å². The van der Waals surface area contributed by atoms with Crippen LogP contribution in [0.5, 0.6) is 11.6 Å². The number of aromatic nitrogens is 2. The van der Waals surface area contributed by atoms with Crippen LogP contribution in [-0.4, -0.2) is 41.4 Å². The third-order valence-corrected chi connectivity index (χ3v) is 6.72. The van der Waals surface area contributed by atoms with Gasteiger partial charge in [-0.25, -0.2) is 13.6 Å². The summed E-state index contributed by atoms with van der Waals surface area (Å²) < 4.78 is 56.8. The standard InChI is InChI=1S/C20H17N5O7S2/c1-11-18(20(27)25(24-11)12-6-8-13(9-7-12)33(21,28)29)22-23-19-15-5-3-2-4-14(15)17(10-16(19)26)34(30,31)32/h2-10,26-27H,1H3,(H2,21,28,29)(H,30,31,32). The molecule has 4 rings (SSSR count). The molecule has 0 aliphatic rings. The zero-order chi connectivity index (χ0) is 24.8. The number of phenolic OH excluding ortho intramolecular Hbond substituents is 1. The predicted molar refractivity (Wildman–Crippen MR) is 121 cm³/mol. The van der Waals surface area contributed by atoms with E-state index in [4.69, 9.17) is 5.14 Å². The van der Waals surface area contributed by atoms with Crippen molar-refractivity contribution in [2.45, 2.75) is 16.7 Å². The second kappa shape index (κ2) is 8.18. The van der Waals surface area contributed by atoms with Crippen molar-refractivity contribution >= 4 is 42.3 Å². The summed E-state index contributed by atoms with van der Waals surface area (Å²) in [6.45, 7) is 1.54. The SMILES string of the molecule is Cc1nn(-c2ccc(S(N)(=O)=O)cc2)c(O)c1N=Nc1c(O)cc(S(=O)(=O)O)c2ccccc12. The van der Waals surface area contributed by atoms with Crippen LogP contribution in [0.15, 0.2) is 74.6 Å². The molecule has 12 nitrogen and oxygen atoms in total. The Kier molecular flexibility index (Phi) is 5.61. The number of hydrogen-bond acceptors (Lipinski definition) is 9. The van der Waals surface area contributed by atoms with Crippen LogP contribution in [0, 0.1) is 6.92 Å². The summed E-state index contributed by atoms with van der Waals surface area (Å²) in [7, 11) is -8.51. The van der Waals surface area contributed by atoms with E-state index in [9.17, 15) is 31.6 Å². The van der Waals surface area contributed by atoms with Crippen LogP contribution in [0.3, 0.4) is 0 Å². The fourth-order valence-corrected chi connectivity index (χ4v) is 4.54. The molecule has 0 aliphatic heterocycles. The van der Waals surface area contributed by atoms with E-state index in [-0.39, 0.29) is 32.7 Å². The molecule has 0 unspecified atom stereocenters. The first-order valence-electron chi connectivity index (χ1n) is 9.43. The van der Waals surface area contributed by atoms with Gasteiger partial charge in [0.2, 0.25) is 15.9 Å². The quantitative estimate of drug-likeness (QED) is 0.235. The number of hydrogen-bond donors (Lipinski definition) is 4. The lowest BCUT2D eigenvalue weighted by Crippen LogP contribution is -2.12. The maximum absolute atomic E-state index is 11.7. The summed E-state index contributed by atoms with van der Waals surface area (Å²) in [6.07, 6.45) is 0. The van der Waals surface area contributed by atoms with Crippen molar-refractivity contribution in [1.82, 2.24) is 9.78 Å². The largest absolute Gasteiger partial charge is 0.506 e. The predicted octanol–water partition coefficient (Wildman–Crippen LogP) is 3.05. The minimum absolute atomic E-state index is 0.0436. The summed E-state index contributed by atoms with van der Waals surface area (Å²) in [4.78, 5) is -0.607. The summed E-state index contributed by atoms with van der Waals surface area (Å²) in [5.74, 6) is -0.971. The van der Waals surface area contributed by atoms with E-state index in [2.05, 4.69) is 15.3 Å². The van der Waals surface area contributed by atoms with E-state index in [0.29, 0.717) is 5.69 Å². The molecule has 0 spiro atoms. The van der Waals surface area contributed by atoms with Gasteiger partial charge in [-0.15, -0.1) is 10.2 Å². The molecule has 0 fully saturated rings. The molecule has 0 saturated carbocycles. The molecule has 0 radical (unpaired) electrons. The third kappa shape index (κ3) is 4.22. The molecule has 4 aromatic rings. The molecule has 3 aromatic carbocycles. The highest BCUT2D eigenvalue weighted by Crippen LogP contribution is 2.41. The Balaban J connectivity index is 1.79. The topological polar surface area (TPSA) is 198 Å². The Morgan fingerprint density at radius 2 is 1.50 bits per heavy atom. The van der Waals surface area contributed by atoms with Crippen molar-refractivity contribution < 1.29 is 31.6 Å². The molecule has 0 saturated heterocycles. The van der Waals surface area contributed by atoms with E-state index < -0.39 is 36.7 Å². The van der Waals surface area contributed by atoms with Crippen LogP contribution in [-0.2, 0) is 20.1 Å². The van der Waals surface area contributed by atoms with Crippen molar-refractivity contribution in [3.63, 3.8) is 0 Å². The maximum Gasteiger partial charge on any atom is 0.295 e. The summed E-state index contributed by atoms with van der Waals surface area (Å²) >= 11 is 0. The maximum atomic E-state index is 11.7. The number of phenols is 1. The highest BCUT2D eigenvalue weighted by Gasteiger charge is 2.21. The first kappa shape index (κ1) is 23.3. The van der Waals surface area contributed by atoms with Gasteiger partial charge in [0.15, 0.2) is 5.69 Å². The second-order valence-corrected chi connectivity index (χ2v) is 10.1. The third-order valence-electron chi connectivity index (χ3n) is 4.90. The molecule has 5 N–H and O–H groups in total. The van der Waals surface area contributed by atoms with Gasteiger partial charge in [0, 0.05) is 16.8 Å². The van der Waals surface area contributed by atoms with Crippen molar-refractivity contribution in [3.8, 4) is 17.3 Å². The molecule has 1 aromatic heterocycles. The zero-order valence-corrected chi connectivity index (χ0v) is 19.0. The number of nitrogens with two attached hydrogens (primary N) is 1. The van der Waals surface area contributed by atoms with Crippen molar-refractivity contribution in [2.24, 2.45) is 15.4 Å². The monoisotopic (exact) mass is 503 g/mol. The van der Waals surface area contributed by atoms with Crippen LogP contribution in [0.25, 0.3) is 16.5 Å². The number of azo groups is 1. The fourth-order valence-electron chi connectivity index (χ4n) is 3.31. The molecule has 176 valence electrons. The molecule has 14 heteroatoms. The second-order valence-electron chi connectivity index (χ2n) is 7.17. The van der Waals surface area contributed by atoms with Gasteiger partial charge < -0.3 is 10.2 Å². The van der Waals surface area contributed by atoms with E-state index in [1.54, 1.807) is 19.1 Å². The number of fused-ring (bicyclic) bond motifs is 1. The minimum atomic E-state index is -4.62. The Bertz CT molecular complexity index is 1680. The molecule has 0 atom stereocenters. The number of aryl methyl sites for hydroxylation is 1. The highest BCUT2D eigenvalue weighted by molar-refractivity contribution is 7.89. The zero-order valence-electron chi connectivity index (χ0n) is 17.4. The highest BCUT2D eigenvalue weighted by atomic mass is 32.2. The van der Waals surface area contributed by atoms with Gasteiger partial charge in [-0.2, -0.15) is 18.2 Å². The Morgan fingerprint density at radius 1 is 0.912 bits per heavy atom. The lowest BCUT2D eigenvalue weighted by atomic mass is 10.1. The number of rotatable bonds is 5. The molecule has 0 bridgehead atoms. The van der Waals surface area contributed by atoms with Crippen LogP contribution >= 0.6 is 0 Å². The Labute approximate surface area is 193 Å². The van der Waals surface area contributed by atoms with Gasteiger partial charge in [-0.1, -0.05) is 24.3 Å². The number of sulfonamides is 1. The Hall–Kier alpha value is -3.85. The van der Waals surface area contributed by atoms with E-state index in [0.717, 1.165) is 10.7 Å². The number of aromatic hydroxyl groups is 2. The van der Waals surface area contributed by atoms with E-state index in [1.165, 1.54) is 36.4 Å². The number of benzene rings is 3. The molecule has 1 heterocycles. The molecule has 0 aliphatic carbocycles. The molecular formula is C20H17N5O7S2. The number of nitrogens with zero attached hydrogens (tertiary/aromatic N) is 4. The normalized spacial score (nSPS) is 12.6. The van der Waals surface area contributed by atoms with Gasteiger partial charge >= 0.3 is 0 Å². The van der Waals surface area contributed by atoms with Crippen LogP contribution < -0.4 is 5.14 Å². The van der Waals surface area contributed by atoms with Gasteiger partial charge in [0.05, 0.1) is 16.3 Å². The summed E-state index contributed by atoms with van der Waals surface area (Å²) in [5.41, 5.74) is 0.445. The first-order valence-corrected chi connectivity index (χ1v) is 12.4. The van der Waals surface area contributed by atoms with Crippen molar-refractivity contribution in [1.29, 1.82) is 0 Å². The van der Waals surface area contributed by atoms with E-state index in [1.807, 2.05) is 0 Å². The van der Waals surface area contributed by atoms with Crippen molar-refractivity contribution in [2.75, 3.05) is 0 Å². The van der Waals surface area contributed by atoms with Crippen LogP contribution in [0.1, 0.15) is 5.69 Å². The van der Waals surface area contributed by atoms with E-state index >= 15 is 0 Å². The minimum Gasteiger partial charge on any atom is -0.506 e. The molecule has 34 heavy (non-hydrogen) atoms. The molecule has 0 amide bonds. The van der Waals surface area contributed by atoms with Gasteiger partial charge in [0.25, 0.3) is 10.1 Å². The van der Waals surface area contributed by atoms with Crippen LogP contribution in [0.4, 0.5) is 11.4 Å². The summed E-state index contributed by atoms with van der Waals surface area (Å²) in [5, 5.41) is 38.6. The van der Waals surface area contributed by atoms with Gasteiger partial charge in [-0.05, 0) is 31.2 Å². The Morgan fingerprint density at radius 3 is 2.09 bits per heavy atom. The average Bonchev–Trinajstić information content (AvgIpc) is 3.05. The smallest absolute Gasteiger partial charge is 0.295 e. The van der Waals surface area contributed by atoms with Gasteiger partial charge in [-0.3, -0.25) is 4.55 Å². The lowest BCUT2D eigenvalue weighted by Gasteiger charge is -2.08.